The van der Waals surface area contributed by atoms with Gasteiger partial charge < -0.3 is 9.73 Å². The Morgan fingerprint density at radius 2 is 2.29 bits per heavy atom. The van der Waals surface area contributed by atoms with Gasteiger partial charge in [-0.15, -0.1) is 0 Å². The highest BCUT2D eigenvalue weighted by atomic mass is 16.4. The summed E-state index contributed by atoms with van der Waals surface area (Å²) < 4.78 is 5.69. The number of hydrogen-bond donors (Lipinski definition) is 1. The monoisotopic (exact) mass is 235 g/mol. The minimum absolute atomic E-state index is 0.691. The first-order valence-corrected chi connectivity index (χ1v) is 6.61. The summed E-state index contributed by atoms with van der Waals surface area (Å²) in [6.07, 6.45) is 2.68. The molecule has 2 aliphatic heterocycles. The lowest BCUT2D eigenvalue weighted by atomic mass is 9.92. The maximum absolute atomic E-state index is 5.69. The number of aryl methyl sites for hydroxylation is 2. The van der Waals surface area contributed by atoms with Crippen LogP contribution in [-0.4, -0.2) is 35.6 Å². The summed E-state index contributed by atoms with van der Waals surface area (Å²) in [4.78, 5) is 7.03. The number of piperidine rings is 1. The maximum Gasteiger partial charge on any atom is 0.208 e. The number of nitrogens with one attached hydrogen (secondary N) is 1. The molecule has 2 fully saturated rings. The number of rotatable bonds is 2. The Kier molecular flexibility index (Phi) is 2.92. The quantitative estimate of drug-likeness (QED) is 0.843. The van der Waals surface area contributed by atoms with E-state index in [1.807, 2.05) is 13.8 Å². The maximum atomic E-state index is 5.69. The molecule has 2 aliphatic rings. The van der Waals surface area contributed by atoms with Gasteiger partial charge in [0.2, 0.25) is 5.89 Å². The van der Waals surface area contributed by atoms with Crippen molar-refractivity contribution in [3.8, 4) is 0 Å². The summed E-state index contributed by atoms with van der Waals surface area (Å²) in [6.45, 7) is 8.37. The highest BCUT2D eigenvalue weighted by Gasteiger charge is 2.35. The van der Waals surface area contributed by atoms with Crippen molar-refractivity contribution in [3.05, 3.63) is 17.3 Å². The van der Waals surface area contributed by atoms with Gasteiger partial charge in [0.15, 0.2) is 0 Å². The molecule has 0 aromatic carbocycles. The minimum atomic E-state index is 0.691. The number of fused-ring (bicyclic) bond motifs is 1. The minimum Gasteiger partial charge on any atom is -0.444 e. The van der Waals surface area contributed by atoms with Crippen LogP contribution in [0.15, 0.2) is 4.42 Å². The van der Waals surface area contributed by atoms with Crippen LogP contribution < -0.4 is 5.32 Å². The second kappa shape index (κ2) is 4.42. The Labute approximate surface area is 102 Å². The largest absolute Gasteiger partial charge is 0.444 e. The van der Waals surface area contributed by atoms with E-state index in [4.69, 9.17) is 4.42 Å². The third-order valence-electron chi connectivity index (χ3n) is 4.20. The summed E-state index contributed by atoms with van der Waals surface area (Å²) in [7, 11) is 0. The Morgan fingerprint density at radius 3 is 3.06 bits per heavy atom. The zero-order valence-corrected chi connectivity index (χ0v) is 10.7. The van der Waals surface area contributed by atoms with E-state index in [0.29, 0.717) is 6.04 Å². The second-order valence-corrected chi connectivity index (χ2v) is 5.35. The Bertz CT molecular complexity index is 382. The van der Waals surface area contributed by atoms with Crippen LogP contribution >= 0.6 is 0 Å². The smallest absolute Gasteiger partial charge is 0.208 e. The molecule has 0 bridgehead atoms. The fraction of sp³-hybridized carbons (Fsp3) is 0.769. The molecule has 0 radical (unpaired) electrons. The Balaban J connectivity index is 1.71. The van der Waals surface area contributed by atoms with Gasteiger partial charge in [-0.25, -0.2) is 4.98 Å². The van der Waals surface area contributed by atoms with Gasteiger partial charge in [-0.1, -0.05) is 0 Å². The normalized spacial score (nSPS) is 29.5. The first-order chi connectivity index (χ1) is 8.24. The molecule has 2 saturated heterocycles. The standard InChI is InChI=1S/C13H21N3O/c1-9-10(2)17-13(15-9)8-16-5-3-4-11-6-14-7-12(11)16/h11-12,14H,3-8H2,1-2H3. The molecule has 1 N–H and O–H groups in total. The predicted molar refractivity (Wildman–Crippen MR) is 65.8 cm³/mol. The van der Waals surface area contributed by atoms with Crippen molar-refractivity contribution in [1.82, 2.24) is 15.2 Å². The van der Waals surface area contributed by atoms with Crippen molar-refractivity contribution in [1.29, 1.82) is 0 Å². The second-order valence-electron chi connectivity index (χ2n) is 5.35. The van der Waals surface area contributed by atoms with Crippen molar-refractivity contribution in [3.63, 3.8) is 0 Å². The summed E-state index contributed by atoms with van der Waals surface area (Å²) in [5, 5.41) is 3.50. The van der Waals surface area contributed by atoms with Gasteiger partial charge in [-0.3, -0.25) is 4.90 Å². The molecule has 1 aromatic rings. The first kappa shape index (κ1) is 11.2. The Morgan fingerprint density at radius 1 is 1.41 bits per heavy atom. The van der Waals surface area contributed by atoms with E-state index in [2.05, 4.69) is 15.2 Å². The van der Waals surface area contributed by atoms with Crippen molar-refractivity contribution < 1.29 is 4.42 Å². The summed E-state index contributed by atoms with van der Waals surface area (Å²) in [6, 6.07) is 0.691. The lowest BCUT2D eigenvalue weighted by Gasteiger charge is -2.36. The summed E-state index contributed by atoms with van der Waals surface area (Å²) in [5.41, 5.74) is 1.03. The van der Waals surface area contributed by atoms with Gasteiger partial charge in [0.1, 0.15) is 5.76 Å². The number of aromatic nitrogens is 1. The molecule has 0 amide bonds. The highest BCUT2D eigenvalue weighted by molar-refractivity contribution is 5.05. The summed E-state index contributed by atoms with van der Waals surface area (Å²) >= 11 is 0. The van der Waals surface area contributed by atoms with Crippen molar-refractivity contribution in [2.45, 2.75) is 39.3 Å². The molecular formula is C13H21N3O. The van der Waals surface area contributed by atoms with E-state index in [1.54, 1.807) is 0 Å². The van der Waals surface area contributed by atoms with Crippen LogP contribution in [-0.2, 0) is 6.54 Å². The third-order valence-corrected chi connectivity index (χ3v) is 4.20. The molecule has 2 atom stereocenters. The molecule has 0 spiro atoms. The van der Waals surface area contributed by atoms with Crippen LogP contribution in [0.3, 0.4) is 0 Å². The molecule has 0 aliphatic carbocycles. The van der Waals surface area contributed by atoms with Crippen molar-refractivity contribution in [2.24, 2.45) is 5.92 Å². The van der Waals surface area contributed by atoms with E-state index in [0.717, 1.165) is 36.4 Å². The van der Waals surface area contributed by atoms with Gasteiger partial charge in [0.05, 0.1) is 12.2 Å². The van der Waals surface area contributed by atoms with Gasteiger partial charge in [0.25, 0.3) is 0 Å². The topological polar surface area (TPSA) is 41.3 Å². The molecule has 4 heteroatoms. The number of oxazole rings is 1. The lowest BCUT2D eigenvalue weighted by Crippen LogP contribution is -2.44. The van der Waals surface area contributed by atoms with Crippen LogP contribution in [0.1, 0.15) is 30.2 Å². The average Bonchev–Trinajstić information content (AvgIpc) is 2.87. The van der Waals surface area contributed by atoms with Gasteiger partial charge in [-0.2, -0.15) is 0 Å². The molecule has 17 heavy (non-hydrogen) atoms. The fourth-order valence-corrected chi connectivity index (χ4v) is 3.14. The Hall–Kier alpha value is -0.870. The zero-order valence-electron chi connectivity index (χ0n) is 10.7. The van der Waals surface area contributed by atoms with Gasteiger partial charge >= 0.3 is 0 Å². The highest BCUT2D eigenvalue weighted by Crippen LogP contribution is 2.27. The summed E-state index contributed by atoms with van der Waals surface area (Å²) in [5.74, 6) is 2.67. The van der Waals surface area contributed by atoms with E-state index in [-0.39, 0.29) is 0 Å². The predicted octanol–water partition coefficient (Wildman–Crippen LogP) is 1.48. The molecule has 2 unspecified atom stereocenters. The molecule has 4 nitrogen and oxygen atoms in total. The van der Waals surface area contributed by atoms with E-state index >= 15 is 0 Å². The molecule has 1 aromatic heterocycles. The molecule has 3 rings (SSSR count). The lowest BCUT2D eigenvalue weighted by molar-refractivity contribution is 0.107. The fourth-order valence-electron chi connectivity index (χ4n) is 3.14. The van der Waals surface area contributed by atoms with Crippen LogP contribution in [0.25, 0.3) is 0 Å². The van der Waals surface area contributed by atoms with Gasteiger partial charge in [0, 0.05) is 12.6 Å². The van der Waals surface area contributed by atoms with Crippen molar-refractivity contribution >= 4 is 0 Å². The third kappa shape index (κ3) is 2.11. The average molecular weight is 235 g/mol. The van der Waals surface area contributed by atoms with E-state index < -0.39 is 0 Å². The molecule has 94 valence electrons. The van der Waals surface area contributed by atoms with E-state index in [1.165, 1.54) is 25.9 Å². The number of hydrogen-bond acceptors (Lipinski definition) is 4. The SMILES string of the molecule is Cc1nc(CN2CCCC3CNCC32)oc1C. The molecule has 0 saturated carbocycles. The van der Waals surface area contributed by atoms with Gasteiger partial charge in [-0.05, 0) is 45.7 Å². The number of nitrogens with zero attached hydrogens (tertiary/aromatic N) is 2. The van der Waals surface area contributed by atoms with Crippen LogP contribution in [0.5, 0.6) is 0 Å². The molecule has 3 heterocycles. The van der Waals surface area contributed by atoms with Crippen LogP contribution in [0.4, 0.5) is 0 Å². The van der Waals surface area contributed by atoms with Crippen LogP contribution in [0.2, 0.25) is 0 Å². The zero-order chi connectivity index (χ0) is 11.8. The number of likely N-dealkylation sites (tertiary alicyclic amines) is 1. The van der Waals surface area contributed by atoms with Crippen LogP contribution in [0, 0.1) is 19.8 Å². The van der Waals surface area contributed by atoms with E-state index in [9.17, 15) is 0 Å². The van der Waals surface area contributed by atoms with Crippen molar-refractivity contribution in [2.75, 3.05) is 19.6 Å². The first-order valence-electron chi connectivity index (χ1n) is 6.61. The molecular weight excluding hydrogens is 214 g/mol.